The Labute approximate surface area is 158 Å². The highest BCUT2D eigenvalue weighted by Crippen LogP contribution is 2.35. The van der Waals surface area contributed by atoms with Crippen molar-refractivity contribution >= 4 is 0 Å². The van der Waals surface area contributed by atoms with Gasteiger partial charge in [0.15, 0.2) is 11.6 Å². The van der Waals surface area contributed by atoms with Crippen molar-refractivity contribution in [3.63, 3.8) is 0 Å². The standard InChI is InChI=1S/C22H25F3O2/c1-3-4-15-6-7-16(11-19(15)23)17-8-9-18(22(25)21(17)24)20-10-5-14(12-26-2)13-27-20/h6-9,11,14,20H,3-5,10,12-13H2,1-2H3. The molecule has 1 fully saturated rings. The van der Waals surface area contributed by atoms with Crippen molar-refractivity contribution in [1.82, 2.24) is 0 Å². The van der Waals surface area contributed by atoms with Gasteiger partial charge in [0.1, 0.15) is 5.82 Å². The maximum Gasteiger partial charge on any atom is 0.167 e. The molecule has 0 amide bonds. The van der Waals surface area contributed by atoms with E-state index >= 15 is 0 Å². The molecule has 5 heteroatoms. The molecule has 0 aromatic heterocycles. The summed E-state index contributed by atoms with van der Waals surface area (Å²) in [6.45, 7) is 3.03. The normalized spacial score (nSPS) is 20.0. The summed E-state index contributed by atoms with van der Waals surface area (Å²) >= 11 is 0. The molecule has 1 aliphatic rings. The molecular formula is C22H25F3O2. The first kappa shape index (κ1) is 19.9. The van der Waals surface area contributed by atoms with Gasteiger partial charge in [0.25, 0.3) is 0 Å². The Balaban J connectivity index is 1.82. The molecule has 1 saturated heterocycles. The second-order valence-corrected chi connectivity index (χ2v) is 7.11. The van der Waals surface area contributed by atoms with Crippen LogP contribution in [0, 0.1) is 23.4 Å². The maximum atomic E-state index is 14.7. The average Bonchev–Trinajstić information content (AvgIpc) is 2.67. The molecular weight excluding hydrogens is 353 g/mol. The Morgan fingerprint density at radius 1 is 1.07 bits per heavy atom. The summed E-state index contributed by atoms with van der Waals surface area (Å²) in [5, 5.41) is 0. The molecule has 0 radical (unpaired) electrons. The summed E-state index contributed by atoms with van der Waals surface area (Å²) in [6, 6.07) is 7.60. The largest absolute Gasteiger partial charge is 0.384 e. The summed E-state index contributed by atoms with van der Waals surface area (Å²) < 4.78 is 54.4. The molecule has 0 aliphatic carbocycles. The molecule has 2 aromatic carbocycles. The lowest BCUT2D eigenvalue weighted by atomic mass is 9.93. The highest BCUT2D eigenvalue weighted by molar-refractivity contribution is 5.65. The van der Waals surface area contributed by atoms with Gasteiger partial charge in [-0.3, -0.25) is 0 Å². The van der Waals surface area contributed by atoms with Gasteiger partial charge in [-0.2, -0.15) is 0 Å². The van der Waals surface area contributed by atoms with Crippen LogP contribution in [0.5, 0.6) is 0 Å². The van der Waals surface area contributed by atoms with Gasteiger partial charge in [0.2, 0.25) is 0 Å². The van der Waals surface area contributed by atoms with E-state index in [9.17, 15) is 13.2 Å². The van der Waals surface area contributed by atoms with Crippen LogP contribution in [0.25, 0.3) is 11.1 Å². The van der Waals surface area contributed by atoms with Crippen molar-refractivity contribution in [3.8, 4) is 11.1 Å². The van der Waals surface area contributed by atoms with Crippen LogP contribution in [-0.4, -0.2) is 20.3 Å². The lowest BCUT2D eigenvalue weighted by molar-refractivity contribution is -0.0387. The topological polar surface area (TPSA) is 18.5 Å². The van der Waals surface area contributed by atoms with Crippen molar-refractivity contribution < 1.29 is 22.6 Å². The van der Waals surface area contributed by atoms with Gasteiger partial charge in [-0.1, -0.05) is 37.6 Å². The minimum absolute atomic E-state index is 0.0614. The van der Waals surface area contributed by atoms with E-state index in [1.54, 1.807) is 25.3 Å². The second kappa shape index (κ2) is 8.89. The summed E-state index contributed by atoms with van der Waals surface area (Å²) in [5.74, 6) is -1.99. The molecule has 2 atom stereocenters. The molecule has 0 bridgehead atoms. The fraction of sp³-hybridized carbons (Fsp3) is 0.455. The van der Waals surface area contributed by atoms with Crippen molar-refractivity contribution in [2.45, 2.75) is 38.7 Å². The van der Waals surface area contributed by atoms with Gasteiger partial charge >= 0.3 is 0 Å². The number of rotatable bonds is 6. The van der Waals surface area contributed by atoms with E-state index in [-0.39, 0.29) is 17.0 Å². The predicted molar refractivity (Wildman–Crippen MR) is 99.0 cm³/mol. The van der Waals surface area contributed by atoms with Crippen LogP contribution >= 0.6 is 0 Å². The molecule has 0 N–H and O–H groups in total. The zero-order valence-electron chi connectivity index (χ0n) is 15.7. The van der Waals surface area contributed by atoms with Crippen LogP contribution in [-0.2, 0) is 15.9 Å². The summed E-state index contributed by atoms with van der Waals surface area (Å²) in [4.78, 5) is 0. The third kappa shape index (κ3) is 4.36. The van der Waals surface area contributed by atoms with Crippen LogP contribution in [0.3, 0.4) is 0 Å². The van der Waals surface area contributed by atoms with Crippen LogP contribution in [0.15, 0.2) is 30.3 Å². The minimum atomic E-state index is -0.960. The Morgan fingerprint density at radius 2 is 1.89 bits per heavy atom. The Kier molecular flexibility index (Phi) is 6.55. The molecule has 0 spiro atoms. The van der Waals surface area contributed by atoms with Gasteiger partial charge in [0.05, 0.1) is 19.3 Å². The van der Waals surface area contributed by atoms with E-state index in [1.165, 1.54) is 12.1 Å². The molecule has 27 heavy (non-hydrogen) atoms. The van der Waals surface area contributed by atoms with E-state index in [0.29, 0.717) is 37.2 Å². The van der Waals surface area contributed by atoms with Crippen LogP contribution in [0.2, 0.25) is 0 Å². The van der Waals surface area contributed by atoms with Gasteiger partial charge in [0, 0.05) is 24.2 Å². The minimum Gasteiger partial charge on any atom is -0.384 e. The average molecular weight is 378 g/mol. The lowest BCUT2D eigenvalue weighted by Crippen LogP contribution is -2.24. The molecule has 1 heterocycles. The van der Waals surface area contributed by atoms with E-state index < -0.39 is 23.6 Å². The number of hydrogen-bond acceptors (Lipinski definition) is 2. The van der Waals surface area contributed by atoms with E-state index in [0.717, 1.165) is 12.8 Å². The number of hydrogen-bond donors (Lipinski definition) is 0. The van der Waals surface area contributed by atoms with Gasteiger partial charge in [-0.25, -0.2) is 13.2 Å². The molecule has 146 valence electrons. The van der Waals surface area contributed by atoms with E-state index in [4.69, 9.17) is 9.47 Å². The number of aryl methyl sites for hydroxylation is 1. The predicted octanol–water partition coefficient (Wildman–Crippen LogP) is 5.84. The molecule has 2 aromatic rings. The van der Waals surface area contributed by atoms with Crippen molar-refractivity contribution in [3.05, 3.63) is 58.9 Å². The first-order valence-electron chi connectivity index (χ1n) is 9.42. The number of methoxy groups -OCH3 is 1. The Morgan fingerprint density at radius 3 is 2.52 bits per heavy atom. The van der Waals surface area contributed by atoms with Crippen LogP contribution < -0.4 is 0 Å². The zero-order valence-corrected chi connectivity index (χ0v) is 15.7. The summed E-state index contributed by atoms with van der Waals surface area (Å²) in [7, 11) is 1.64. The van der Waals surface area contributed by atoms with Crippen molar-refractivity contribution in [2.24, 2.45) is 5.92 Å². The SMILES string of the molecule is CCCc1ccc(-c2ccc(C3CCC(COC)CO3)c(F)c2F)cc1F. The lowest BCUT2D eigenvalue weighted by Gasteiger charge is -2.29. The fourth-order valence-electron chi connectivity index (χ4n) is 3.64. The van der Waals surface area contributed by atoms with Crippen molar-refractivity contribution in [2.75, 3.05) is 20.3 Å². The summed E-state index contributed by atoms with van der Waals surface area (Å²) in [5.41, 5.74) is 1.20. The quantitative estimate of drug-likeness (QED) is 0.629. The molecule has 1 aliphatic heterocycles. The first-order chi connectivity index (χ1) is 13.0. The van der Waals surface area contributed by atoms with Crippen LogP contribution in [0.4, 0.5) is 13.2 Å². The van der Waals surface area contributed by atoms with Crippen LogP contribution in [0.1, 0.15) is 43.4 Å². The molecule has 2 unspecified atom stereocenters. The van der Waals surface area contributed by atoms with Gasteiger partial charge in [-0.05, 0) is 36.5 Å². The third-order valence-electron chi connectivity index (χ3n) is 5.12. The second-order valence-electron chi connectivity index (χ2n) is 7.11. The van der Waals surface area contributed by atoms with E-state index in [2.05, 4.69) is 0 Å². The first-order valence-corrected chi connectivity index (χ1v) is 9.42. The third-order valence-corrected chi connectivity index (χ3v) is 5.12. The fourth-order valence-corrected chi connectivity index (χ4v) is 3.64. The number of benzene rings is 2. The highest BCUT2D eigenvalue weighted by Gasteiger charge is 2.27. The summed E-state index contributed by atoms with van der Waals surface area (Å²) in [6.07, 6.45) is 2.42. The molecule has 0 saturated carbocycles. The number of halogens is 3. The van der Waals surface area contributed by atoms with Crippen molar-refractivity contribution in [1.29, 1.82) is 0 Å². The molecule has 3 rings (SSSR count). The van der Waals surface area contributed by atoms with E-state index in [1.807, 2.05) is 6.92 Å². The zero-order chi connectivity index (χ0) is 19.4. The monoisotopic (exact) mass is 378 g/mol. The van der Waals surface area contributed by atoms with Gasteiger partial charge < -0.3 is 9.47 Å². The molecule has 2 nitrogen and oxygen atoms in total. The Hall–Kier alpha value is -1.85. The Bertz CT molecular complexity index is 783. The number of ether oxygens (including phenoxy) is 2. The van der Waals surface area contributed by atoms with Gasteiger partial charge in [-0.15, -0.1) is 0 Å². The maximum absolute atomic E-state index is 14.7. The smallest absolute Gasteiger partial charge is 0.167 e. The highest BCUT2D eigenvalue weighted by atomic mass is 19.2.